The van der Waals surface area contributed by atoms with Gasteiger partial charge in [0.25, 0.3) is 0 Å². The molecule has 0 bridgehead atoms. The lowest BCUT2D eigenvalue weighted by Crippen LogP contribution is -2.31. The fourth-order valence-corrected chi connectivity index (χ4v) is 2.06. The Balaban J connectivity index is 2.67. The topological polar surface area (TPSA) is 30.5 Å². The van der Waals surface area contributed by atoms with Crippen LogP contribution in [-0.2, 0) is 4.74 Å². The van der Waals surface area contributed by atoms with Gasteiger partial charge >= 0.3 is 0 Å². The molecule has 1 rings (SSSR count). The molecular formula is C15H25NO2. The fourth-order valence-electron chi connectivity index (χ4n) is 2.06. The Kier molecular flexibility index (Phi) is 5.03. The predicted molar refractivity (Wildman–Crippen MR) is 76.5 cm³/mol. The van der Waals surface area contributed by atoms with Crippen molar-refractivity contribution in [3.8, 4) is 5.75 Å². The minimum Gasteiger partial charge on any atom is -0.497 e. The van der Waals surface area contributed by atoms with Gasteiger partial charge in [0, 0.05) is 18.8 Å². The molecule has 0 aliphatic heterocycles. The van der Waals surface area contributed by atoms with Crippen LogP contribution in [0.5, 0.6) is 5.75 Å². The number of hydrogen-bond acceptors (Lipinski definition) is 3. The number of methoxy groups -OCH3 is 2. The van der Waals surface area contributed by atoms with Gasteiger partial charge in [0.2, 0.25) is 0 Å². The van der Waals surface area contributed by atoms with Crippen molar-refractivity contribution < 1.29 is 9.47 Å². The second kappa shape index (κ2) is 6.10. The number of aryl methyl sites for hydroxylation is 1. The summed E-state index contributed by atoms with van der Waals surface area (Å²) in [5, 5.41) is 3.52. The van der Waals surface area contributed by atoms with Gasteiger partial charge in [-0.25, -0.2) is 0 Å². The normalized spacial score (nSPS) is 13.2. The third kappa shape index (κ3) is 4.22. The molecule has 0 aliphatic carbocycles. The highest BCUT2D eigenvalue weighted by atomic mass is 16.5. The molecule has 1 aromatic carbocycles. The Morgan fingerprint density at radius 2 is 1.94 bits per heavy atom. The summed E-state index contributed by atoms with van der Waals surface area (Å²) in [6.07, 6.45) is 0.953. The van der Waals surface area contributed by atoms with Crippen LogP contribution in [0, 0.1) is 6.92 Å². The molecule has 0 amide bonds. The lowest BCUT2D eigenvalue weighted by molar-refractivity contribution is 0.0128. The van der Waals surface area contributed by atoms with Crippen LogP contribution >= 0.6 is 0 Å². The van der Waals surface area contributed by atoms with Gasteiger partial charge in [0.05, 0.1) is 12.7 Å². The van der Waals surface area contributed by atoms with Crippen LogP contribution in [0.1, 0.15) is 32.8 Å². The molecule has 18 heavy (non-hydrogen) atoms. The molecule has 0 radical (unpaired) electrons. The molecule has 1 unspecified atom stereocenters. The molecule has 0 spiro atoms. The van der Waals surface area contributed by atoms with Crippen LogP contribution in [0.4, 0.5) is 5.69 Å². The van der Waals surface area contributed by atoms with Crippen molar-refractivity contribution in [3.05, 3.63) is 23.8 Å². The second-order valence-corrected chi connectivity index (χ2v) is 5.39. The zero-order valence-electron chi connectivity index (χ0n) is 12.3. The van der Waals surface area contributed by atoms with Gasteiger partial charge < -0.3 is 14.8 Å². The first-order valence-corrected chi connectivity index (χ1v) is 6.34. The zero-order chi connectivity index (χ0) is 13.8. The largest absolute Gasteiger partial charge is 0.497 e. The molecule has 3 heteroatoms. The average Bonchev–Trinajstić information content (AvgIpc) is 2.31. The highest BCUT2D eigenvalue weighted by Crippen LogP contribution is 2.24. The zero-order valence-corrected chi connectivity index (χ0v) is 12.3. The number of anilines is 1. The van der Waals surface area contributed by atoms with Gasteiger partial charge in [-0.3, -0.25) is 0 Å². The van der Waals surface area contributed by atoms with E-state index in [0.29, 0.717) is 6.04 Å². The van der Waals surface area contributed by atoms with E-state index in [9.17, 15) is 0 Å². The molecule has 1 N–H and O–H groups in total. The quantitative estimate of drug-likeness (QED) is 0.837. The van der Waals surface area contributed by atoms with Crippen LogP contribution in [0.25, 0.3) is 0 Å². The molecule has 0 saturated carbocycles. The molecule has 1 atom stereocenters. The molecule has 0 fully saturated rings. The summed E-state index contributed by atoms with van der Waals surface area (Å²) in [7, 11) is 3.44. The van der Waals surface area contributed by atoms with Crippen molar-refractivity contribution in [2.75, 3.05) is 19.5 Å². The maximum Gasteiger partial charge on any atom is 0.119 e. The van der Waals surface area contributed by atoms with Crippen molar-refractivity contribution in [1.29, 1.82) is 0 Å². The minimum absolute atomic E-state index is 0.104. The summed E-state index contributed by atoms with van der Waals surface area (Å²) < 4.78 is 10.7. The Bertz CT molecular complexity index is 388. The maximum absolute atomic E-state index is 5.45. The summed E-state index contributed by atoms with van der Waals surface area (Å²) in [6, 6.07) is 6.43. The summed E-state index contributed by atoms with van der Waals surface area (Å²) in [6.45, 7) is 8.46. The first-order chi connectivity index (χ1) is 8.38. The van der Waals surface area contributed by atoms with Crippen molar-refractivity contribution in [3.63, 3.8) is 0 Å². The SMILES string of the molecule is COc1ccc(NC(C)CC(C)(C)OC)c(C)c1. The number of hydrogen-bond donors (Lipinski definition) is 1. The average molecular weight is 251 g/mol. The fraction of sp³-hybridized carbons (Fsp3) is 0.600. The van der Waals surface area contributed by atoms with Gasteiger partial charge in [0.15, 0.2) is 0 Å². The maximum atomic E-state index is 5.45. The predicted octanol–water partition coefficient (Wildman–Crippen LogP) is 3.62. The van der Waals surface area contributed by atoms with Crippen molar-refractivity contribution in [1.82, 2.24) is 0 Å². The molecule has 1 aromatic rings. The van der Waals surface area contributed by atoms with Crippen molar-refractivity contribution in [2.24, 2.45) is 0 Å². The highest BCUT2D eigenvalue weighted by molar-refractivity contribution is 5.54. The lowest BCUT2D eigenvalue weighted by atomic mass is 9.99. The van der Waals surface area contributed by atoms with E-state index in [1.807, 2.05) is 12.1 Å². The van der Waals surface area contributed by atoms with Crippen LogP contribution < -0.4 is 10.1 Å². The van der Waals surface area contributed by atoms with Crippen molar-refractivity contribution in [2.45, 2.75) is 45.8 Å². The van der Waals surface area contributed by atoms with Crippen LogP contribution in [-0.4, -0.2) is 25.9 Å². The van der Waals surface area contributed by atoms with Gasteiger partial charge in [0.1, 0.15) is 5.75 Å². The van der Waals surface area contributed by atoms with Crippen LogP contribution in [0.15, 0.2) is 18.2 Å². The molecular weight excluding hydrogens is 226 g/mol. The van der Waals surface area contributed by atoms with Gasteiger partial charge in [-0.05, 0) is 57.9 Å². The standard InChI is InChI=1S/C15H25NO2/c1-11-9-13(17-5)7-8-14(11)16-12(2)10-15(3,4)18-6/h7-9,12,16H,10H2,1-6H3. The smallest absolute Gasteiger partial charge is 0.119 e. The van der Waals surface area contributed by atoms with E-state index in [1.165, 1.54) is 5.56 Å². The van der Waals surface area contributed by atoms with Gasteiger partial charge in [-0.15, -0.1) is 0 Å². The lowest BCUT2D eigenvalue weighted by Gasteiger charge is -2.28. The van der Waals surface area contributed by atoms with Crippen LogP contribution in [0.2, 0.25) is 0 Å². The van der Waals surface area contributed by atoms with E-state index in [2.05, 4.69) is 39.1 Å². The van der Waals surface area contributed by atoms with E-state index in [0.717, 1.165) is 17.9 Å². The van der Waals surface area contributed by atoms with E-state index in [-0.39, 0.29) is 5.60 Å². The number of benzene rings is 1. The summed E-state index contributed by atoms with van der Waals surface area (Å²) in [4.78, 5) is 0. The Labute approximate surface area is 110 Å². The van der Waals surface area contributed by atoms with E-state index in [1.54, 1.807) is 14.2 Å². The van der Waals surface area contributed by atoms with Gasteiger partial charge in [-0.2, -0.15) is 0 Å². The number of rotatable bonds is 6. The Hall–Kier alpha value is -1.22. The highest BCUT2D eigenvalue weighted by Gasteiger charge is 2.20. The third-order valence-corrected chi connectivity index (χ3v) is 3.19. The third-order valence-electron chi connectivity index (χ3n) is 3.19. The van der Waals surface area contributed by atoms with Gasteiger partial charge in [-0.1, -0.05) is 0 Å². The molecule has 0 heterocycles. The molecule has 102 valence electrons. The number of nitrogens with one attached hydrogen (secondary N) is 1. The van der Waals surface area contributed by atoms with E-state index >= 15 is 0 Å². The molecule has 0 saturated heterocycles. The second-order valence-electron chi connectivity index (χ2n) is 5.39. The van der Waals surface area contributed by atoms with E-state index in [4.69, 9.17) is 9.47 Å². The van der Waals surface area contributed by atoms with Crippen LogP contribution in [0.3, 0.4) is 0 Å². The Morgan fingerprint density at radius 1 is 1.28 bits per heavy atom. The first-order valence-electron chi connectivity index (χ1n) is 6.34. The minimum atomic E-state index is -0.104. The summed E-state index contributed by atoms with van der Waals surface area (Å²) in [5.41, 5.74) is 2.24. The molecule has 0 aliphatic rings. The van der Waals surface area contributed by atoms with Crippen molar-refractivity contribution >= 4 is 5.69 Å². The molecule has 3 nitrogen and oxygen atoms in total. The molecule has 0 aromatic heterocycles. The monoisotopic (exact) mass is 251 g/mol. The summed E-state index contributed by atoms with van der Waals surface area (Å²) in [5.74, 6) is 0.892. The van der Waals surface area contributed by atoms with E-state index < -0.39 is 0 Å². The summed E-state index contributed by atoms with van der Waals surface area (Å²) >= 11 is 0. The first kappa shape index (κ1) is 14.8. The number of ether oxygens (including phenoxy) is 2. The Morgan fingerprint density at radius 3 is 2.44 bits per heavy atom.